The highest BCUT2D eigenvalue weighted by molar-refractivity contribution is 5.87. The average molecular weight is 557 g/mol. The van der Waals surface area contributed by atoms with Gasteiger partial charge in [-0.05, 0) is 80.0 Å². The van der Waals surface area contributed by atoms with Gasteiger partial charge >= 0.3 is 18.3 Å². The molecule has 1 saturated carbocycles. The van der Waals surface area contributed by atoms with Gasteiger partial charge in [0.05, 0.1) is 11.6 Å². The lowest BCUT2D eigenvalue weighted by Gasteiger charge is -2.33. The normalized spacial score (nSPS) is 18.2. The summed E-state index contributed by atoms with van der Waals surface area (Å²) in [4.78, 5) is 11.9. The van der Waals surface area contributed by atoms with Crippen molar-refractivity contribution in [3.63, 3.8) is 0 Å². The molecule has 1 aliphatic carbocycles. The molecule has 2 aromatic carbocycles. The Morgan fingerprint density at radius 3 is 2.28 bits per heavy atom. The van der Waals surface area contributed by atoms with Gasteiger partial charge in [-0.2, -0.15) is 22.0 Å². The molecule has 6 nitrogen and oxygen atoms in total. The SMILES string of the molecule is Nc1ccc(OCCOC(=O)/C=C/c2ccc(OC(F)(F)C3CCC(CCCC(F)(F)F)CC3)cc2)c(N)c1. The van der Waals surface area contributed by atoms with Crippen molar-refractivity contribution in [3.05, 3.63) is 54.1 Å². The first-order valence-corrected chi connectivity index (χ1v) is 12.8. The molecule has 1 fully saturated rings. The number of halogens is 5. The highest BCUT2D eigenvalue weighted by Crippen LogP contribution is 2.41. The van der Waals surface area contributed by atoms with Gasteiger partial charge < -0.3 is 25.7 Å². The molecule has 214 valence electrons. The summed E-state index contributed by atoms with van der Waals surface area (Å²) in [6.45, 7) is 0.0813. The summed E-state index contributed by atoms with van der Waals surface area (Å²) in [5.74, 6) is -1.16. The van der Waals surface area contributed by atoms with E-state index in [1.807, 2.05) is 0 Å². The fraction of sp³-hybridized carbons (Fsp3) is 0.464. The molecule has 39 heavy (non-hydrogen) atoms. The molecule has 0 spiro atoms. The Morgan fingerprint density at radius 2 is 1.64 bits per heavy atom. The fourth-order valence-electron chi connectivity index (χ4n) is 4.47. The predicted molar refractivity (Wildman–Crippen MR) is 138 cm³/mol. The summed E-state index contributed by atoms with van der Waals surface area (Å²) >= 11 is 0. The zero-order valence-corrected chi connectivity index (χ0v) is 21.4. The van der Waals surface area contributed by atoms with Crippen molar-refractivity contribution in [2.24, 2.45) is 11.8 Å². The van der Waals surface area contributed by atoms with Crippen LogP contribution in [0.3, 0.4) is 0 Å². The molecule has 4 N–H and O–H groups in total. The van der Waals surface area contributed by atoms with Crippen LogP contribution in [0.2, 0.25) is 0 Å². The van der Waals surface area contributed by atoms with Crippen molar-refractivity contribution in [1.82, 2.24) is 0 Å². The number of anilines is 2. The first-order valence-electron chi connectivity index (χ1n) is 12.8. The molecule has 0 heterocycles. The third-order valence-electron chi connectivity index (χ3n) is 6.56. The number of alkyl halides is 5. The molecular formula is C28H33F5N2O4. The number of hydrogen-bond donors (Lipinski definition) is 2. The third-order valence-corrected chi connectivity index (χ3v) is 6.56. The van der Waals surface area contributed by atoms with E-state index < -0.39 is 30.6 Å². The number of rotatable bonds is 12. The Balaban J connectivity index is 1.38. The summed E-state index contributed by atoms with van der Waals surface area (Å²) in [7, 11) is 0. The van der Waals surface area contributed by atoms with Crippen molar-refractivity contribution >= 4 is 23.4 Å². The number of hydrogen-bond acceptors (Lipinski definition) is 6. The van der Waals surface area contributed by atoms with Crippen molar-refractivity contribution in [2.75, 3.05) is 24.7 Å². The molecule has 2 aromatic rings. The molecule has 0 radical (unpaired) electrons. The minimum absolute atomic E-state index is 0.00960. The molecule has 0 amide bonds. The van der Waals surface area contributed by atoms with Crippen LogP contribution in [0, 0.1) is 11.8 Å². The first-order chi connectivity index (χ1) is 18.4. The maximum Gasteiger partial charge on any atom is 0.400 e. The van der Waals surface area contributed by atoms with Crippen LogP contribution in [-0.4, -0.2) is 31.5 Å². The largest absolute Gasteiger partial charge is 0.488 e. The molecule has 0 atom stereocenters. The zero-order valence-electron chi connectivity index (χ0n) is 21.4. The van der Waals surface area contributed by atoms with Crippen molar-refractivity contribution in [1.29, 1.82) is 0 Å². The van der Waals surface area contributed by atoms with Gasteiger partial charge in [-0.25, -0.2) is 4.79 Å². The molecule has 1 aliphatic rings. The topological polar surface area (TPSA) is 96.8 Å². The quantitative estimate of drug-likeness (QED) is 0.0961. The number of esters is 1. The lowest BCUT2D eigenvalue weighted by Crippen LogP contribution is -2.37. The summed E-state index contributed by atoms with van der Waals surface area (Å²) in [6.07, 6.45) is -3.99. The fourth-order valence-corrected chi connectivity index (χ4v) is 4.47. The van der Waals surface area contributed by atoms with Gasteiger partial charge in [0.2, 0.25) is 0 Å². The number of carbonyl (C=O) groups is 1. The van der Waals surface area contributed by atoms with E-state index in [0.717, 1.165) is 0 Å². The highest BCUT2D eigenvalue weighted by Gasteiger charge is 2.44. The van der Waals surface area contributed by atoms with Crippen molar-refractivity contribution in [2.45, 2.75) is 57.2 Å². The van der Waals surface area contributed by atoms with E-state index in [2.05, 4.69) is 0 Å². The van der Waals surface area contributed by atoms with E-state index in [4.69, 9.17) is 25.7 Å². The minimum Gasteiger partial charge on any atom is -0.488 e. The predicted octanol–water partition coefficient (Wildman–Crippen LogP) is 7.00. The number of nitrogens with two attached hydrogens (primary N) is 2. The Hall–Kier alpha value is -3.50. The van der Waals surface area contributed by atoms with Crippen LogP contribution in [0.5, 0.6) is 11.5 Å². The average Bonchev–Trinajstić information content (AvgIpc) is 2.86. The Labute approximate surface area is 224 Å². The van der Waals surface area contributed by atoms with Gasteiger partial charge in [0.1, 0.15) is 24.7 Å². The third kappa shape index (κ3) is 10.3. The van der Waals surface area contributed by atoms with E-state index in [1.165, 1.54) is 36.4 Å². The number of carbonyl (C=O) groups excluding carboxylic acids is 1. The zero-order chi connectivity index (χ0) is 28.5. The maximum absolute atomic E-state index is 14.7. The molecule has 3 rings (SSSR count). The molecule has 0 bridgehead atoms. The minimum atomic E-state index is -4.18. The van der Waals surface area contributed by atoms with E-state index in [0.29, 0.717) is 42.0 Å². The second kappa shape index (κ2) is 13.5. The molecular weight excluding hydrogens is 523 g/mol. The van der Waals surface area contributed by atoms with Gasteiger partial charge in [0, 0.05) is 18.2 Å². The van der Waals surface area contributed by atoms with Crippen LogP contribution in [0.25, 0.3) is 6.08 Å². The second-order valence-electron chi connectivity index (χ2n) is 9.60. The van der Waals surface area contributed by atoms with Crippen LogP contribution in [-0.2, 0) is 9.53 Å². The summed E-state index contributed by atoms with van der Waals surface area (Å²) in [5.41, 5.74) is 12.9. The lowest BCUT2D eigenvalue weighted by atomic mass is 9.79. The van der Waals surface area contributed by atoms with Crippen LogP contribution in [0.15, 0.2) is 48.5 Å². The monoisotopic (exact) mass is 556 g/mol. The summed E-state index contributed by atoms with van der Waals surface area (Å²) < 4.78 is 81.8. The number of ether oxygens (including phenoxy) is 3. The van der Waals surface area contributed by atoms with Crippen molar-refractivity contribution < 1.29 is 41.0 Å². The van der Waals surface area contributed by atoms with Crippen LogP contribution in [0.1, 0.15) is 50.5 Å². The van der Waals surface area contributed by atoms with Crippen LogP contribution in [0.4, 0.5) is 33.3 Å². The summed E-state index contributed by atoms with van der Waals surface area (Å²) in [6, 6.07) is 10.6. The number of benzene rings is 2. The van der Waals surface area contributed by atoms with Crippen LogP contribution < -0.4 is 20.9 Å². The maximum atomic E-state index is 14.7. The molecule has 0 aliphatic heterocycles. The second-order valence-corrected chi connectivity index (χ2v) is 9.60. The molecule has 0 saturated heterocycles. The van der Waals surface area contributed by atoms with E-state index in [-0.39, 0.29) is 44.1 Å². The van der Waals surface area contributed by atoms with Gasteiger partial charge in [-0.3, -0.25) is 0 Å². The van der Waals surface area contributed by atoms with E-state index >= 15 is 0 Å². The Kier molecular flexibility index (Phi) is 10.4. The van der Waals surface area contributed by atoms with Gasteiger partial charge in [-0.15, -0.1) is 0 Å². The van der Waals surface area contributed by atoms with Crippen LogP contribution >= 0.6 is 0 Å². The summed E-state index contributed by atoms with van der Waals surface area (Å²) in [5, 5.41) is 0. The van der Waals surface area contributed by atoms with Gasteiger partial charge in [-0.1, -0.05) is 18.6 Å². The Bertz CT molecular complexity index is 1100. The van der Waals surface area contributed by atoms with E-state index in [9.17, 15) is 26.7 Å². The molecule has 0 aromatic heterocycles. The highest BCUT2D eigenvalue weighted by atomic mass is 19.4. The van der Waals surface area contributed by atoms with Crippen molar-refractivity contribution in [3.8, 4) is 11.5 Å². The van der Waals surface area contributed by atoms with Gasteiger partial charge in [0.15, 0.2) is 0 Å². The Morgan fingerprint density at radius 1 is 0.949 bits per heavy atom. The first kappa shape index (κ1) is 30.0. The lowest BCUT2D eigenvalue weighted by molar-refractivity contribution is -0.223. The van der Waals surface area contributed by atoms with E-state index in [1.54, 1.807) is 18.2 Å². The molecule has 11 heteroatoms. The smallest absolute Gasteiger partial charge is 0.400 e. The van der Waals surface area contributed by atoms with Gasteiger partial charge in [0.25, 0.3) is 0 Å². The standard InChI is InChI=1S/C28H33F5N2O4/c29-27(30,31)15-1-2-19-3-8-21(9-4-19)28(32,33)39-23-11-5-20(6-12-23)7-14-26(36)38-17-16-37-25-13-10-22(34)18-24(25)35/h5-7,10-14,18-19,21H,1-4,8-9,15-17,34-35H2/b14-7+. The number of nitrogen functional groups attached to an aromatic ring is 2. The molecule has 0 unspecified atom stereocenters.